The summed E-state index contributed by atoms with van der Waals surface area (Å²) in [6.07, 6.45) is 1.34. The standard InChI is InChI=1S/C21H15ClN4O2S2/c22-18-10-9-15(11-23-18)20(28)26-25-19(27)14-7-5-13(6-8-14)12-29-21-24-16-3-1-2-4-17(16)30-21/h1-11H,12H2,(H,25,27)(H,26,28). The molecule has 0 aliphatic rings. The SMILES string of the molecule is O=C(NNC(=O)c1ccc(Cl)nc1)c1ccc(CSc2nc3ccccc3s2)cc1. The minimum atomic E-state index is -0.476. The number of aromatic nitrogens is 2. The number of rotatable bonds is 5. The number of hydrogen-bond donors (Lipinski definition) is 2. The van der Waals surface area contributed by atoms with E-state index >= 15 is 0 Å². The summed E-state index contributed by atoms with van der Waals surface area (Å²) in [5.74, 6) is -0.130. The molecule has 0 aliphatic carbocycles. The number of carbonyl (C=O) groups is 2. The second-order valence-corrected chi connectivity index (χ2v) is 8.85. The minimum absolute atomic E-state index is 0.289. The molecular weight excluding hydrogens is 440 g/mol. The van der Waals surface area contributed by atoms with Gasteiger partial charge in [-0.1, -0.05) is 47.6 Å². The average molecular weight is 455 g/mol. The van der Waals surface area contributed by atoms with Crippen molar-refractivity contribution in [1.29, 1.82) is 0 Å². The average Bonchev–Trinajstić information content (AvgIpc) is 3.20. The quantitative estimate of drug-likeness (QED) is 0.259. The molecule has 0 radical (unpaired) electrons. The highest BCUT2D eigenvalue weighted by Gasteiger charge is 2.10. The fourth-order valence-corrected chi connectivity index (χ4v) is 4.71. The number of hydrazine groups is 1. The van der Waals surface area contributed by atoms with Gasteiger partial charge in [0.05, 0.1) is 15.8 Å². The number of fused-ring (bicyclic) bond motifs is 1. The van der Waals surface area contributed by atoms with E-state index in [4.69, 9.17) is 11.6 Å². The number of benzene rings is 2. The summed E-state index contributed by atoms with van der Waals surface area (Å²) in [4.78, 5) is 32.7. The van der Waals surface area contributed by atoms with Crippen molar-refractivity contribution in [3.63, 3.8) is 0 Å². The highest BCUT2D eigenvalue weighted by Crippen LogP contribution is 2.31. The molecule has 0 unspecified atom stereocenters. The van der Waals surface area contributed by atoms with Crippen LogP contribution in [-0.4, -0.2) is 21.8 Å². The summed E-state index contributed by atoms with van der Waals surface area (Å²) in [6.45, 7) is 0. The first-order chi connectivity index (χ1) is 14.6. The van der Waals surface area contributed by atoms with Crippen LogP contribution in [0.2, 0.25) is 5.15 Å². The van der Waals surface area contributed by atoms with E-state index in [9.17, 15) is 9.59 Å². The molecule has 0 saturated heterocycles. The Hall–Kier alpha value is -2.94. The molecule has 0 spiro atoms. The number of pyridine rings is 1. The number of nitrogens with zero attached hydrogens (tertiary/aromatic N) is 2. The number of amides is 2. The zero-order chi connectivity index (χ0) is 20.9. The monoisotopic (exact) mass is 454 g/mol. The summed E-state index contributed by atoms with van der Waals surface area (Å²) < 4.78 is 2.18. The van der Waals surface area contributed by atoms with Gasteiger partial charge in [0.25, 0.3) is 11.8 Å². The molecule has 0 atom stereocenters. The topological polar surface area (TPSA) is 84.0 Å². The number of nitrogens with one attached hydrogen (secondary N) is 2. The van der Waals surface area contributed by atoms with E-state index in [2.05, 4.69) is 26.9 Å². The van der Waals surface area contributed by atoms with Crippen LogP contribution in [0.3, 0.4) is 0 Å². The third-order valence-corrected chi connectivity index (χ3v) is 6.61. The van der Waals surface area contributed by atoms with Crippen LogP contribution in [0.25, 0.3) is 10.2 Å². The van der Waals surface area contributed by atoms with Gasteiger partial charge in [0.2, 0.25) is 0 Å². The van der Waals surface area contributed by atoms with Crippen LogP contribution in [0.5, 0.6) is 0 Å². The van der Waals surface area contributed by atoms with Gasteiger partial charge in [-0.25, -0.2) is 9.97 Å². The largest absolute Gasteiger partial charge is 0.271 e. The normalized spacial score (nSPS) is 10.7. The van der Waals surface area contributed by atoms with Crippen LogP contribution < -0.4 is 10.9 Å². The number of thiazole rings is 1. The van der Waals surface area contributed by atoms with Crippen LogP contribution in [0.1, 0.15) is 26.3 Å². The predicted octanol–water partition coefficient (Wildman–Crippen LogP) is 4.71. The lowest BCUT2D eigenvalue weighted by atomic mass is 10.1. The summed E-state index contributed by atoms with van der Waals surface area (Å²) in [7, 11) is 0. The number of thioether (sulfide) groups is 1. The molecule has 9 heteroatoms. The number of para-hydroxylation sites is 1. The van der Waals surface area contributed by atoms with Crippen molar-refractivity contribution in [2.24, 2.45) is 0 Å². The maximum atomic E-state index is 12.2. The van der Waals surface area contributed by atoms with Crippen molar-refractivity contribution in [3.05, 3.63) is 88.7 Å². The number of halogens is 1. The third-order valence-electron chi connectivity index (χ3n) is 4.13. The van der Waals surface area contributed by atoms with Gasteiger partial charge in [0.15, 0.2) is 4.34 Å². The molecule has 0 aliphatic heterocycles. The van der Waals surface area contributed by atoms with Crippen LogP contribution in [0, 0.1) is 0 Å². The van der Waals surface area contributed by atoms with Gasteiger partial charge in [-0.3, -0.25) is 20.4 Å². The Morgan fingerprint density at radius 3 is 2.33 bits per heavy atom. The molecule has 6 nitrogen and oxygen atoms in total. The first kappa shape index (κ1) is 20.3. The first-order valence-electron chi connectivity index (χ1n) is 8.88. The molecule has 30 heavy (non-hydrogen) atoms. The van der Waals surface area contributed by atoms with E-state index in [1.165, 1.54) is 23.0 Å². The molecular formula is C21H15ClN4O2S2. The van der Waals surface area contributed by atoms with Crippen molar-refractivity contribution in [2.75, 3.05) is 0 Å². The van der Waals surface area contributed by atoms with Gasteiger partial charge in [0, 0.05) is 17.5 Å². The summed E-state index contributed by atoms with van der Waals surface area (Å²) in [5.41, 5.74) is 7.57. The Morgan fingerprint density at radius 1 is 0.933 bits per heavy atom. The van der Waals surface area contributed by atoms with Gasteiger partial charge in [-0.2, -0.15) is 0 Å². The van der Waals surface area contributed by atoms with Crippen molar-refractivity contribution in [3.8, 4) is 0 Å². The van der Waals surface area contributed by atoms with Crippen molar-refractivity contribution < 1.29 is 9.59 Å². The van der Waals surface area contributed by atoms with Crippen molar-refractivity contribution in [1.82, 2.24) is 20.8 Å². The molecule has 150 valence electrons. The van der Waals surface area contributed by atoms with E-state index in [0.717, 1.165) is 21.2 Å². The van der Waals surface area contributed by atoms with E-state index in [1.54, 1.807) is 35.2 Å². The Labute approximate surface area is 185 Å². The van der Waals surface area contributed by atoms with Crippen molar-refractivity contribution in [2.45, 2.75) is 10.1 Å². The van der Waals surface area contributed by atoms with Crippen LogP contribution in [0.4, 0.5) is 0 Å². The molecule has 2 amide bonds. The minimum Gasteiger partial charge on any atom is -0.267 e. The first-order valence-corrected chi connectivity index (χ1v) is 11.1. The van der Waals surface area contributed by atoms with E-state index < -0.39 is 11.8 Å². The highest BCUT2D eigenvalue weighted by molar-refractivity contribution is 8.00. The maximum Gasteiger partial charge on any atom is 0.271 e. The smallest absolute Gasteiger partial charge is 0.267 e. The van der Waals surface area contributed by atoms with E-state index in [1.807, 2.05) is 30.3 Å². The van der Waals surface area contributed by atoms with Crippen molar-refractivity contribution >= 4 is 56.7 Å². The van der Waals surface area contributed by atoms with Gasteiger partial charge in [-0.05, 0) is 42.0 Å². The number of carbonyl (C=O) groups excluding carboxylic acids is 2. The van der Waals surface area contributed by atoms with Gasteiger partial charge in [-0.15, -0.1) is 11.3 Å². The van der Waals surface area contributed by atoms with Gasteiger partial charge >= 0.3 is 0 Å². The lowest BCUT2D eigenvalue weighted by Crippen LogP contribution is -2.41. The fraction of sp³-hybridized carbons (Fsp3) is 0.0476. The molecule has 0 bridgehead atoms. The lowest BCUT2D eigenvalue weighted by Gasteiger charge is -2.08. The van der Waals surface area contributed by atoms with E-state index in [0.29, 0.717) is 11.1 Å². The van der Waals surface area contributed by atoms with Crippen LogP contribution >= 0.6 is 34.7 Å². The van der Waals surface area contributed by atoms with Gasteiger partial charge < -0.3 is 0 Å². The summed E-state index contributed by atoms with van der Waals surface area (Å²) in [5, 5.41) is 0.289. The molecule has 4 aromatic rings. The highest BCUT2D eigenvalue weighted by atomic mass is 35.5. The van der Waals surface area contributed by atoms with E-state index in [-0.39, 0.29) is 5.15 Å². The number of hydrogen-bond acceptors (Lipinski definition) is 6. The van der Waals surface area contributed by atoms with Gasteiger partial charge in [0.1, 0.15) is 5.15 Å². The molecule has 2 aromatic heterocycles. The summed E-state index contributed by atoms with van der Waals surface area (Å²) in [6, 6.07) is 18.3. The lowest BCUT2D eigenvalue weighted by molar-refractivity contribution is 0.0846. The van der Waals surface area contributed by atoms with Crippen LogP contribution in [-0.2, 0) is 5.75 Å². The van der Waals surface area contributed by atoms with Crippen LogP contribution in [0.15, 0.2) is 71.2 Å². The maximum absolute atomic E-state index is 12.2. The second kappa shape index (κ2) is 9.25. The zero-order valence-electron chi connectivity index (χ0n) is 15.5. The third kappa shape index (κ3) is 4.96. The summed E-state index contributed by atoms with van der Waals surface area (Å²) >= 11 is 9.02. The second-order valence-electron chi connectivity index (χ2n) is 6.21. The molecule has 0 fully saturated rings. The molecule has 2 heterocycles. The zero-order valence-corrected chi connectivity index (χ0v) is 17.9. The molecule has 0 saturated carbocycles. The Balaban J connectivity index is 1.30. The molecule has 2 aromatic carbocycles. The molecule has 2 N–H and O–H groups in total. The Bertz CT molecular complexity index is 1160. The Kier molecular flexibility index (Phi) is 6.27. The fourth-order valence-electron chi connectivity index (χ4n) is 2.58. The predicted molar refractivity (Wildman–Crippen MR) is 120 cm³/mol. The molecule has 4 rings (SSSR count). The Morgan fingerprint density at radius 2 is 1.63 bits per heavy atom.